The monoisotopic (exact) mass is 457 g/mol. The van der Waals surface area contributed by atoms with Crippen molar-refractivity contribution in [3.63, 3.8) is 0 Å². The molecular formula is C22H35NO7S. The second-order valence-corrected chi connectivity index (χ2v) is 10.8. The first-order chi connectivity index (χ1) is 14.3. The van der Waals surface area contributed by atoms with E-state index in [1.165, 1.54) is 0 Å². The standard InChI is InChI=1S/C22H35NO7S/c1-21(2,3)30-20(24)23-18(16-28-22(23,4)5)19(13-10-14-29-31(6,25)26)27-15-17-11-8-7-9-12-17/h7-9,11-12,18-19H,10,13-16H2,1-6H3/t18-,19+/m0/s1. The molecular weight excluding hydrogens is 422 g/mol. The average Bonchev–Trinajstić information content (AvgIpc) is 2.95. The van der Waals surface area contributed by atoms with Gasteiger partial charge in [-0.25, -0.2) is 4.79 Å². The van der Waals surface area contributed by atoms with E-state index in [1.807, 2.05) is 65.0 Å². The van der Waals surface area contributed by atoms with Crippen molar-refractivity contribution in [1.29, 1.82) is 0 Å². The number of benzene rings is 1. The Morgan fingerprint density at radius 1 is 1.26 bits per heavy atom. The summed E-state index contributed by atoms with van der Waals surface area (Å²) in [5, 5.41) is 0. The molecule has 1 saturated heterocycles. The Hall–Kier alpha value is -1.68. The van der Waals surface area contributed by atoms with Crippen LogP contribution in [0.15, 0.2) is 30.3 Å². The van der Waals surface area contributed by atoms with Crippen molar-refractivity contribution in [2.24, 2.45) is 0 Å². The summed E-state index contributed by atoms with van der Waals surface area (Å²) in [6.07, 6.45) is 1.10. The van der Waals surface area contributed by atoms with Crippen LogP contribution in [0.2, 0.25) is 0 Å². The number of amides is 1. The van der Waals surface area contributed by atoms with Gasteiger partial charge in [-0.1, -0.05) is 30.3 Å². The van der Waals surface area contributed by atoms with Gasteiger partial charge in [0, 0.05) is 0 Å². The molecule has 0 radical (unpaired) electrons. The molecule has 31 heavy (non-hydrogen) atoms. The fraction of sp³-hybridized carbons (Fsp3) is 0.682. The van der Waals surface area contributed by atoms with E-state index >= 15 is 0 Å². The lowest BCUT2D eigenvalue weighted by molar-refractivity contribution is -0.0750. The topological polar surface area (TPSA) is 91.4 Å². The molecule has 9 heteroatoms. The molecule has 1 aliphatic rings. The van der Waals surface area contributed by atoms with Crippen molar-refractivity contribution in [2.75, 3.05) is 19.5 Å². The Bertz CT molecular complexity index is 818. The number of hydrogen-bond donors (Lipinski definition) is 0. The van der Waals surface area contributed by atoms with Gasteiger partial charge < -0.3 is 14.2 Å². The maximum atomic E-state index is 13.0. The van der Waals surface area contributed by atoms with Crippen LogP contribution in [0.25, 0.3) is 0 Å². The summed E-state index contributed by atoms with van der Waals surface area (Å²) in [5.41, 5.74) is -0.504. The largest absolute Gasteiger partial charge is 0.444 e. The van der Waals surface area contributed by atoms with Crippen LogP contribution >= 0.6 is 0 Å². The number of nitrogens with zero attached hydrogens (tertiary/aromatic N) is 1. The van der Waals surface area contributed by atoms with Crippen molar-refractivity contribution < 1.29 is 31.6 Å². The number of carbonyl (C=O) groups excluding carboxylic acids is 1. The second-order valence-electron chi connectivity index (χ2n) is 9.18. The number of carbonyl (C=O) groups is 1. The first kappa shape index (κ1) is 25.6. The van der Waals surface area contributed by atoms with Gasteiger partial charge in [-0.15, -0.1) is 0 Å². The smallest absolute Gasteiger partial charge is 0.412 e. The van der Waals surface area contributed by atoms with Gasteiger partial charge in [0.25, 0.3) is 10.1 Å². The lowest BCUT2D eigenvalue weighted by atomic mass is 10.0. The van der Waals surface area contributed by atoms with Gasteiger partial charge in [0.1, 0.15) is 11.3 Å². The van der Waals surface area contributed by atoms with Crippen molar-refractivity contribution in [3.8, 4) is 0 Å². The molecule has 1 aliphatic heterocycles. The molecule has 1 heterocycles. The molecule has 2 rings (SSSR count). The molecule has 8 nitrogen and oxygen atoms in total. The van der Waals surface area contributed by atoms with Gasteiger partial charge in [0.05, 0.1) is 38.2 Å². The van der Waals surface area contributed by atoms with E-state index in [0.717, 1.165) is 11.8 Å². The normalized spacial score (nSPS) is 19.9. The van der Waals surface area contributed by atoms with Crippen LogP contribution in [0.5, 0.6) is 0 Å². The Morgan fingerprint density at radius 2 is 1.90 bits per heavy atom. The molecule has 0 spiro atoms. The molecule has 1 aromatic rings. The Labute approximate surface area is 185 Å². The minimum atomic E-state index is -3.51. The summed E-state index contributed by atoms with van der Waals surface area (Å²) < 4.78 is 45.1. The first-order valence-corrected chi connectivity index (χ1v) is 12.3. The van der Waals surface area contributed by atoms with Crippen LogP contribution < -0.4 is 0 Å². The number of rotatable bonds is 9. The van der Waals surface area contributed by atoms with Gasteiger partial charge in [-0.05, 0) is 53.0 Å². The summed E-state index contributed by atoms with van der Waals surface area (Å²) in [7, 11) is -3.51. The van der Waals surface area contributed by atoms with Gasteiger partial charge in [0.2, 0.25) is 0 Å². The van der Waals surface area contributed by atoms with Gasteiger partial charge >= 0.3 is 6.09 Å². The molecule has 0 aromatic heterocycles. The highest BCUT2D eigenvalue weighted by Crippen LogP contribution is 2.33. The van der Waals surface area contributed by atoms with E-state index in [2.05, 4.69) is 0 Å². The van der Waals surface area contributed by atoms with Crippen LogP contribution in [-0.4, -0.2) is 62.4 Å². The third-order valence-electron chi connectivity index (χ3n) is 4.78. The van der Waals surface area contributed by atoms with E-state index in [9.17, 15) is 13.2 Å². The van der Waals surface area contributed by atoms with Gasteiger partial charge in [0.15, 0.2) is 0 Å². The summed E-state index contributed by atoms with van der Waals surface area (Å²) in [6.45, 7) is 9.78. The van der Waals surface area contributed by atoms with Crippen LogP contribution in [0.3, 0.4) is 0 Å². The molecule has 1 fully saturated rings. The highest BCUT2D eigenvalue weighted by Gasteiger charge is 2.48. The van der Waals surface area contributed by atoms with Gasteiger partial charge in [-0.3, -0.25) is 9.08 Å². The molecule has 1 amide bonds. The van der Waals surface area contributed by atoms with E-state index in [4.69, 9.17) is 18.4 Å². The average molecular weight is 458 g/mol. The molecule has 0 bridgehead atoms. The van der Waals surface area contributed by atoms with Crippen LogP contribution in [0.4, 0.5) is 4.79 Å². The highest BCUT2D eigenvalue weighted by atomic mass is 32.2. The van der Waals surface area contributed by atoms with E-state index in [1.54, 1.807) is 4.90 Å². The van der Waals surface area contributed by atoms with E-state index in [0.29, 0.717) is 26.1 Å². The molecule has 1 aromatic carbocycles. The van der Waals surface area contributed by atoms with Crippen molar-refractivity contribution in [2.45, 2.75) is 77.5 Å². The van der Waals surface area contributed by atoms with Crippen LogP contribution in [-0.2, 0) is 35.1 Å². The lowest BCUT2D eigenvalue weighted by Gasteiger charge is -2.37. The van der Waals surface area contributed by atoms with E-state index in [-0.39, 0.29) is 12.6 Å². The zero-order valence-corrected chi connectivity index (χ0v) is 20.1. The number of ether oxygens (including phenoxy) is 3. The zero-order chi connectivity index (χ0) is 23.3. The molecule has 2 atom stereocenters. The van der Waals surface area contributed by atoms with Crippen molar-refractivity contribution in [3.05, 3.63) is 35.9 Å². The summed E-state index contributed by atoms with van der Waals surface area (Å²) in [6, 6.07) is 9.34. The van der Waals surface area contributed by atoms with Gasteiger partial charge in [-0.2, -0.15) is 8.42 Å². The first-order valence-electron chi connectivity index (χ1n) is 10.4. The van der Waals surface area contributed by atoms with Crippen molar-refractivity contribution in [1.82, 2.24) is 4.90 Å². The molecule has 176 valence electrons. The third-order valence-corrected chi connectivity index (χ3v) is 5.37. The quantitative estimate of drug-likeness (QED) is 0.412. The van der Waals surface area contributed by atoms with Crippen molar-refractivity contribution >= 4 is 16.2 Å². The maximum absolute atomic E-state index is 13.0. The zero-order valence-electron chi connectivity index (χ0n) is 19.3. The summed E-state index contributed by atoms with van der Waals surface area (Å²) in [4.78, 5) is 14.6. The third kappa shape index (κ3) is 8.40. The highest BCUT2D eigenvalue weighted by molar-refractivity contribution is 7.85. The minimum absolute atomic E-state index is 0.0490. The second kappa shape index (κ2) is 10.3. The Kier molecular flexibility index (Phi) is 8.49. The molecule has 0 N–H and O–H groups in total. The Balaban J connectivity index is 2.16. The minimum Gasteiger partial charge on any atom is -0.444 e. The van der Waals surface area contributed by atoms with Crippen LogP contribution in [0.1, 0.15) is 53.0 Å². The van der Waals surface area contributed by atoms with E-state index < -0.39 is 33.6 Å². The fourth-order valence-corrected chi connectivity index (χ4v) is 3.85. The molecule has 0 saturated carbocycles. The Morgan fingerprint density at radius 3 is 2.48 bits per heavy atom. The fourth-order valence-electron chi connectivity index (χ4n) is 3.43. The molecule has 0 unspecified atom stereocenters. The molecule has 0 aliphatic carbocycles. The summed E-state index contributed by atoms with van der Waals surface area (Å²) >= 11 is 0. The summed E-state index contributed by atoms with van der Waals surface area (Å²) in [5.74, 6) is 0. The van der Waals surface area contributed by atoms with Crippen LogP contribution in [0, 0.1) is 0 Å². The lowest BCUT2D eigenvalue weighted by Crippen LogP contribution is -2.53. The maximum Gasteiger partial charge on any atom is 0.412 e. The number of hydrogen-bond acceptors (Lipinski definition) is 7. The predicted octanol–water partition coefficient (Wildman–Crippen LogP) is 3.70. The SMILES string of the molecule is CC(C)(C)OC(=O)N1[C@H]([C@@H](CCCOS(C)(=O)=O)OCc2ccccc2)COC1(C)C. The predicted molar refractivity (Wildman–Crippen MR) is 117 cm³/mol.